The number of nitro benzene ring substituents is 1. The molecule has 2 heterocycles. The minimum Gasteiger partial charge on any atom is -0.454 e. The molecule has 35 heavy (non-hydrogen) atoms. The highest BCUT2D eigenvalue weighted by molar-refractivity contribution is 7.07. The van der Waals surface area contributed by atoms with Crippen molar-refractivity contribution < 1.29 is 9.34 Å². The van der Waals surface area contributed by atoms with E-state index in [1.54, 1.807) is 17.0 Å². The second-order valence-electron chi connectivity index (χ2n) is 7.69. The molecule has 0 N–H and O–H groups in total. The van der Waals surface area contributed by atoms with Crippen LogP contribution in [0, 0.1) is 10.1 Å². The third-order valence-corrected chi connectivity index (χ3v) is 6.52. The van der Waals surface area contributed by atoms with E-state index in [9.17, 15) is 10.1 Å². The normalized spacial score (nSPS) is 12.1. The zero-order valence-electron chi connectivity index (χ0n) is 18.4. The number of nitro groups is 1. The lowest BCUT2D eigenvalue weighted by Crippen LogP contribution is -2.13. The number of para-hydroxylation sites is 1. The van der Waals surface area contributed by atoms with Gasteiger partial charge in [0.1, 0.15) is 16.3 Å². The first kappa shape index (κ1) is 22.8. The highest BCUT2D eigenvalue weighted by Crippen LogP contribution is 2.28. The summed E-state index contributed by atoms with van der Waals surface area (Å²) in [4.78, 5) is 16.2. The minimum atomic E-state index is -0.512. The number of furan rings is 1. The maximum absolute atomic E-state index is 11.3. The molecule has 0 aliphatic rings. The number of thiazole rings is 1. The second-order valence-corrected chi connectivity index (χ2v) is 8.94. The molecule has 0 radical (unpaired) electrons. The Labute approximate surface area is 209 Å². The van der Waals surface area contributed by atoms with Gasteiger partial charge in [0, 0.05) is 28.9 Å². The van der Waals surface area contributed by atoms with Crippen LogP contribution in [0.15, 0.2) is 98.8 Å². The molecule has 0 aliphatic heterocycles. The van der Waals surface area contributed by atoms with Crippen molar-refractivity contribution in [2.75, 3.05) is 6.54 Å². The first-order chi connectivity index (χ1) is 17.1. The lowest BCUT2D eigenvalue weighted by atomic mass is 10.2. The summed E-state index contributed by atoms with van der Waals surface area (Å²) < 4.78 is 7.77. The van der Waals surface area contributed by atoms with E-state index in [2.05, 4.69) is 17.2 Å². The summed E-state index contributed by atoms with van der Waals surface area (Å²) in [5.74, 6) is 0.659. The molecule has 0 spiro atoms. The summed E-state index contributed by atoms with van der Waals surface area (Å²) in [7, 11) is 0. The lowest BCUT2D eigenvalue weighted by Gasteiger charge is -2.02. The molecule has 174 valence electrons. The molecular weight excluding hydrogens is 484 g/mol. The SMILES string of the molecule is O=[N+]([O-])c1cc(C=Nn2c(-c3cc4ccccc4o3)csc2=NCCc2ccccc2)ccc1Cl. The highest BCUT2D eigenvalue weighted by Gasteiger charge is 2.14. The molecule has 5 aromatic rings. The molecule has 7 nitrogen and oxygen atoms in total. The molecule has 2 aromatic heterocycles. The van der Waals surface area contributed by atoms with Gasteiger partial charge in [-0.1, -0.05) is 66.2 Å². The fraction of sp³-hybridized carbons (Fsp3) is 0.0769. The Morgan fingerprint density at radius 1 is 1.06 bits per heavy atom. The zero-order chi connectivity index (χ0) is 24.2. The third kappa shape index (κ3) is 5.08. The average molecular weight is 503 g/mol. The van der Waals surface area contributed by atoms with E-state index in [0.29, 0.717) is 22.7 Å². The van der Waals surface area contributed by atoms with E-state index in [1.165, 1.54) is 29.0 Å². The molecule has 0 bridgehead atoms. The van der Waals surface area contributed by atoms with Crippen LogP contribution in [0.4, 0.5) is 5.69 Å². The summed E-state index contributed by atoms with van der Waals surface area (Å²) in [6.45, 7) is 0.589. The number of fused-ring (bicyclic) bond motifs is 1. The van der Waals surface area contributed by atoms with Crippen LogP contribution >= 0.6 is 22.9 Å². The fourth-order valence-electron chi connectivity index (χ4n) is 3.60. The van der Waals surface area contributed by atoms with Gasteiger partial charge in [0.15, 0.2) is 5.76 Å². The van der Waals surface area contributed by atoms with E-state index in [1.807, 2.05) is 53.9 Å². The van der Waals surface area contributed by atoms with Crippen molar-refractivity contribution in [2.45, 2.75) is 6.42 Å². The van der Waals surface area contributed by atoms with Crippen LogP contribution in [0.3, 0.4) is 0 Å². The molecule has 3 aromatic carbocycles. The van der Waals surface area contributed by atoms with Crippen LogP contribution in [0.5, 0.6) is 0 Å². The van der Waals surface area contributed by atoms with Crippen molar-refractivity contribution in [2.24, 2.45) is 10.1 Å². The Balaban J connectivity index is 1.54. The number of aromatic nitrogens is 1. The van der Waals surface area contributed by atoms with Gasteiger partial charge in [-0.2, -0.15) is 5.10 Å². The van der Waals surface area contributed by atoms with Crippen LogP contribution in [0.1, 0.15) is 11.1 Å². The summed E-state index contributed by atoms with van der Waals surface area (Å²) in [5.41, 5.74) is 3.10. The van der Waals surface area contributed by atoms with Crippen molar-refractivity contribution in [1.29, 1.82) is 0 Å². The van der Waals surface area contributed by atoms with Gasteiger partial charge >= 0.3 is 0 Å². The van der Waals surface area contributed by atoms with Gasteiger partial charge in [-0.3, -0.25) is 15.1 Å². The Kier molecular flexibility index (Phi) is 6.56. The predicted octanol–water partition coefficient (Wildman–Crippen LogP) is 6.55. The van der Waals surface area contributed by atoms with Crippen LogP contribution in [0.2, 0.25) is 5.02 Å². The summed E-state index contributed by atoms with van der Waals surface area (Å²) >= 11 is 7.41. The van der Waals surface area contributed by atoms with E-state index >= 15 is 0 Å². The average Bonchev–Trinajstić information content (AvgIpc) is 3.48. The molecule has 0 unspecified atom stereocenters. The Morgan fingerprint density at radius 3 is 2.66 bits per heavy atom. The highest BCUT2D eigenvalue weighted by atomic mass is 35.5. The lowest BCUT2D eigenvalue weighted by molar-refractivity contribution is -0.384. The molecule has 0 saturated heterocycles. The monoisotopic (exact) mass is 502 g/mol. The van der Waals surface area contributed by atoms with Gasteiger partial charge in [0.2, 0.25) is 4.80 Å². The van der Waals surface area contributed by atoms with Crippen LogP contribution in [-0.2, 0) is 6.42 Å². The molecular formula is C26H19ClN4O3S. The van der Waals surface area contributed by atoms with Gasteiger partial charge in [0.25, 0.3) is 5.69 Å². The summed E-state index contributed by atoms with van der Waals surface area (Å²) in [5, 5.41) is 18.9. The van der Waals surface area contributed by atoms with E-state index in [0.717, 1.165) is 23.1 Å². The number of halogens is 1. The molecule has 0 amide bonds. The molecule has 0 saturated carbocycles. The minimum absolute atomic E-state index is 0.0786. The van der Waals surface area contributed by atoms with Gasteiger partial charge in [0.05, 0.1) is 11.1 Å². The first-order valence-corrected chi connectivity index (χ1v) is 12.1. The Morgan fingerprint density at radius 2 is 1.86 bits per heavy atom. The molecule has 9 heteroatoms. The van der Waals surface area contributed by atoms with E-state index < -0.39 is 4.92 Å². The van der Waals surface area contributed by atoms with Crippen molar-refractivity contribution >= 4 is 45.8 Å². The van der Waals surface area contributed by atoms with Crippen LogP contribution < -0.4 is 4.80 Å². The quantitative estimate of drug-likeness (QED) is 0.144. The predicted molar refractivity (Wildman–Crippen MR) is 139 cm³/mol. The smallest absolute Gasteiger partial charge is 0.288 e. The Hall–Kier alpha value is -4.01. The molecule has 5 rings (SSSR count). The number of nitrogens with zero attached hydrogens (tertiary/aromatic N) is 4. The standard InChI is InChI=1S/C26H19ClN4O3S/c27-21-11-10-19(14-22(21)31(32)33)16-29-30-23(25-15-20-8-4-5-9-24(20)34-25)17-35-26(30)28-13-12-18-6-2-1-3-7-18/h1-11,14-17H,12-13H2. The van der Waals surface area contributed by atoms with Crippen molar-refractivity contribution in [3.05, 3.63) is 115 Å². The van der Waals surface area contributed by atoms with Gasteiger partial charge in [-0.25, -0.2) is 4.68 Å². The summed E-state index contributed by atoms with van der Waals surface area (Å²) in [6.07, 6.45) is 2.35. The number of hydrogen-bond acceptors (Lipinski definition) is 6. The topological polar surface area (TPSA) is 85.9 Å². The van der Waals surface area contributed by atoms with E-state index in [4.69, 9.17) is 21.0 Å². The van der Waals surface area contributed by atoms with Gasteiger partial charge in [-0.15, -0.1) is 11.3 Å². The van der Waals surface area contributed by atoms with Crippen molar-refractivity contribution in [3.8, 4) is 11.5 Å². The van der Waals surface area contributed by atoms with Crippen LogP contribution in [-0.4, -0.2) is 22.4 Å². The summed E-state index contributed by atoms with van der Waals surface area (Å²) in [6, 6.07) is 24.5. The largest absolute Gasteiger partial charge is 0.454 e. The molecule has 0 atom stereocenters. The maximum Gasteiger partial charge on any atom is 0.288 e. The first-order valence-electron chi connectivity index (χ1n) is 10.8. The fourth-order valence-corrected chi connectivity index (χ4v) is 4.63. The zero-order valence-corrected chi connectivity index (χ0v) is 19.9. The second kappa shape index (κ2) is 10.1. The van der Waals surface area contributed by atoms with Crippen molar-refractivity contribution in [1.82, 2.24) is 4.68 Å². The van der Waals surface area contributed by atoms with Crippen molar-refractivity contribution in [3.63, 3.8) is 0 Å². The molecule has 0 aliphatic carbocycles. The third-order valence-electron chi connectivity index (χ3n) is 5.34. The maximum atomic E-state index is 11.3. The van der Waals surface area contributed by atoms with Crippen LogP contribution in [0.25, 0.3) is 22.4 Å². The van der Waals surface area contributed by atoms with Gasteiger partial charge < -0.3 is 4.42 Å². The molecule has 0 fully saturated rings. The number of rotatable bonds is 7. The number of benzene rings is 3. The number of hydrogen-bond donors (Lipinski definition) is 0. The Bertz CT molecular complexity index is 1570. The van der Waals surface area contributed by atoms with Gasteiger partial charge in [-0.05, 0) is 30.2 Å². The van der Waals surface area contributed by atoms with E-state index in [-0.39, 0.29) is 10.7 Å².